The summed E-state index contributed by atoms with van der Waals surface area (Å²) >= 11 is 1.40. The number of hydrogen-bond acceptors (Lipinski definition) is 14. The second kappa shape index (κ2) is 18.2. The van der Waals surface area contributed by atoms with E-state index in [1.807, 2.05) is 72.7 Å². The zero-order chi connectivity index (χ0) is 41.1. The first kappa shape index (κ1) is 43.9. The van der Waals surface area contributed by atoms with Gasteiger partial charge in [-0.1, -0.05) is 33.8 Å². The van der Waals surface area contributed by atoms with Crippen molar-refractivity contribution < 1.29 is 43.2 Å². The minimum Gasteiger partial charge on any atom is -0.455 e. The number of esters is 2. The second-order valence-corrected chi connectivity index (χ2v) is 17.7. The molecule has 2 fully saturated rings. The number of carbonyl (C=O) groups excluding carboxylic acids is 3. The molecule has 0 amide bonds. The summed E-state index contributed by atoms with van der Waals surface area (Å²) in [4.78, 5) is 53.0. The molecule has 0 saturated carbocycles. The Bertz CT molecular complexity index is 1710. The van der Waals surface area contributed by atoms with E-state index in [4.69, 9.17) is 23.7 Å². The summed E-state index contributed by atoms with van der Waals surface area (Å²) in [6.45, 7) is 15.3. The van der Waals surface area contributed by atoms with E-state index in [2.05, 4.69) is 15.1 Å². The molecule has 14 nitrogen and oxygen atoms in total. The number of aliphatic hydroxyl groups excluding tert-OH is 1. The number of likely N-dealkylation sites (N-methyl/N-ethyl adjacent to an activating group) is 1. The van der Waals surface area contributed by atoms with Crippen LogP contribution in [0.5, 0.6) is 0 Å². The molecule has 0 radical (unpaired) electrons. The molecule has 5 heterocycles. The van der Waals surface area contributed by atoms with E-state index < -0.39 is 76.7 Å². The number of cyclic esters (lactones) is 1. The van der Waals surface area contributed by atoms with Gasteiger partial charge in [-0.2, -0.15) is 5.10 Å². The standard InChI is InChI=1S/C41H61N5O9S/c1-12-30-41(8)31(34(38(50)55-41)56-17-16-46-22-43-36(44-46)28-14-13-15-42-21-28)27(6)32(47)25(4)20-40(7,51-11)35(23(2)18-24(3)37(49)53-30)54-39-33(48)29(45(9)10)19-26(5)52-39/h13-15,18,21-23,25-27,29-31,33-35,39,48H,12,16-17,19-20H2,1-11H3/b24-18-/t23-,25+,26+,27+,29-,30+,31+,33+,34?,35+,39-,40+,41+/m0/s1. The van der Waals surface area contributed by atoms with Crippen LogP contribution in [0.2, 0.25) is 0 Å². The lowest BCUT2D eigenvalue weighted by atomic mass is 9.70. The number of methoxy groups -OCH3 is 1. The largest absolute Gasteiger partial charge is 0.455 e. The minimum atomic E-state index is -1.28. The lowest BCUT2D eigenvalue weighted by Crippen LogP contribution is -2.58. The fourth-order valence-corrected chi connectivity index (χ4v) is 10.4. The number of pyridine rings is 1. The maximum atomic E-state index is 14.7. The Morgan fingerprint density at radius 1 is 1.14 bits per heavy atom. The Balaban J connectivity index is 1.46. The van der Waals surface area contributed by atoms with Gasteiger partial charge in [0.15, 0.2) is 17.7 Å². The van der Waals surface area contributed by atoms with Crippen molar-refractivity contribution in [1.82, 2.24) is 24.6 Å². The fourth-order valence-electron chi connectivity index (χ4n) is 8.95. The number of ketones is 1. The molecule has 56 heavy (non-hydrogen) atoms. The van der Waals surface area contributed by atoms with E-state index in [1.54, 1.807) is 50.4 Å². The smallest absolute Gasteiger partial charge is 0.333 e. The summed E-state index contributed by atoms with van der Waals surface area (Å²) in [7, 11) is 5.40. The van der Waals surface area contributed by atoms with Gasteiger partial charge in [0.25, 0.3) is 0 Å². The third kappa shape index (κ3) is 9.23. The van der Waals surface area contributed by atoms with Gasteiger partial charge in [-0.25, -0.2) is 9.78 Å². The summed E-state index contributed by atoms with van der Waals surface area (Å²) in [5, 5.41) is 15.3. The van der Waals surface area contributed by atoms with Gasteiger partial charge in [0.1, 0.15) is 29.6 Å². The Hall–Kier alpha value is -3.21. The number of aromatic nitrogens is 4. The molecule has 0 aromatic carbocycles. The number of rotatable bonds is 10. The quantitative estimate of drug-likeness (QED) is 0.328. The topological polar surface area (TPSA) is 164 Å². The highest BCUT2D eigenvalue weighted by Crippen LogP contribution is 2.49. The van der Waals surface area contributed by atoms with Crippen LogP contribution >= 0.6 is 11.8 Å². The number of hydrogen-bond donors (Lipinski definition) is 1. The number of aliphatic hydroxyl groups is 1. The normalized spacial score (nSPS) is 38.3. The number of thioether (sulfide) groups is 1. The highest BCUT2D eigenvalue weighted by molar-refractivity contribution is 8.00. The van der Waals surface area contributed by atoms with Gasteiger partial charge in [-0.3, -0.25) is 19.3 Å². The molecule has 310 valence electrons. The summed E-state index contributed by atoms with van der Waals surface area (Å²) in [6.07, 6.45) is 4.34. The Morgan fingerprint density at radius 3 is 2.52 bits per heavy atom. The van der Waals surface area contributed by atoms with Crippen molar-refractivity contribution in [3.05, 3.63) is 42.5 Å². The SMILES string of the molecule is CC[C@H]1OC(=O)/C(C)=C\[C@H](C)[C@@H](O[C@@H]2O[C@H](C)C[C@H](N(C)C)[C@H]2O)[C@](C)(OC)C[C@@H](C)C(=O)[C@H](C)[C@@H]2C(SCCn3cnc(-c4cccnc4)n3)C(=O)O[C@]12C. The van der Waals surface area contributed by atoms with Crippen LogP contribution < -0.4 is 0 Å². The molecule has 0 bridgehead atoms. The van der Waals surface area contributed by atoms with Gasteiger partial charge in [0.05, 0.1) is 24.4 Å². The first-order valence-electron chi connectivity index (χ1n) is 19.7. The molecule has 5 rings (SSSR count). The van der Waals surface area contributed by atoms with Crippen molar-refractivity contribution >= 4 is 29.5 Å². The summed E-state index contributed by atoms with van der Waals surface area (Å²) in [6, 6.07) is 3.50. The van der Waals surface area contributed by atoms with Gasteiger partial charge in [-0.15, -0.1) is 11.8 Å². The van der Waals surface area contributed by atoms with Crippen molar-refractivity contribution in [1.29, 1.82) is 0 Å². The number of Topliss-reactive ketones (excluding diaryl/α,β-unsaturated/α-hetero) is 1. The monoisotopic (exact) mass is 799 g/mol. The zero-order valence-corrected chi connectivity index (χ0v) is 35.5. The van der Waals surface area contributed by atoms with E-state index >= 15 is 0 Å². The van der Waals surface area contributed by atoms with Crippen LogP contribution in [0.25, 0.3) is 11.4 Å². The lowest BCUT2D eigenvalue weighted by molar-refractivity contribution is -0.294. The van der Waals surface area contributed by atoms with Crippen LogP contribution in [0.1, 0.15) is 74.7 Å². The maximum Gasteiger partial charge on any atom is 0.333 e. The second-order valence-electron chi connectivity index (χ2n) is 16.4. The number of aryl methyl sites for hydroxylation is 1. The van der Waals surface area contributed by atoms with Crippen LogP contribution in [0.3, 0.4) is 0 Å². The number of nitrogens with zero attached hydrogens (tertiary/aromatic N) is 5. The fraction of sp³-hybridized carbons (Fsp3) is 0.707. The van der Waals surface area contributed by atoms with Gasteiger partial charge in [-0.05, 0) is 73.2 Å². The highest BCUT2D eigenvalue weighted by Gasteiger charge is 2.61. The molecular formula is C41H61N5O9S. The molecular weight excluding hydrogens is 739 g/mol. The molecule has 2 saturated heterocycles. The van der Waals surface area contributed by atoms with Crippen LogP contribution in [0.4, 0.5) is 0 Å². The van der Waals surface area contributed by atoms with E-state index in [-0.39, 0.29) is 24.3 Å². The number of fused-ring (bicyclic) bond motifs is 1. The van der Waals surface area contributed by atoms with Gasteiger partial charge < -0.3 is 33.7 Å². The van der Waals surface area contributed by atoms with E-state index in [1.165, 1.54) is 11.8 Å². The predicted molar refractivity (Wildman–Crippen MR) is 211 cm³/mol. The van der Waals surface area contributed by atoms with Crippen molar-refractivity contribution in [2.75, 3.05) is 27.0 Å². The molecule has 1 unspecified atom stereocenters. The van der Waals surface area contributed by atoms with Gasteiger partial charge in [0.2, 0.25) is 0 Å². The van der Waals surface area contributed by atoms with E-state index in [0.29, 0.717) is 36.5 Å². The first-order valence-corrected chi connectivity index (χ1v) is 20.8. The third-order valence-electron chi connectivity index (χ3n) is 12.0. The number of ether oxygens (including phenoxy) is 5. The molecule has 3 aliphatic heterocycles. The molecule has 2 aromatic heterocycles. The molecule has 1 N–H and O–H groups in total. The summed E-state index contributed by atoms with van der Waals surface area (Å²) < 4.78 is 33.3. The Labute approximate surface area is 335 Å². The van der Waals surface area contributed by atoms with Crippen molar-refractivity contribution in [2.45, 2.75) is 134 Å². The Kier molecular flexibility index (Phi) is 14.2. The Morgan fingerprint density at radius 2 is 1.88 bits per heavy atom. The maximum absolute atomic E-state index is 14.7. The third-order valence-corrected chi connectivity index (χ3v) is 13.3. The highest BCUT2D eigenvalue weighted by atomic mass is 32.2. The molecule has 15 heteroatoms. The summed E-state index contributed by atoms with van der Waals surface area (Å²) in [5.74, 6) is -2.34. The summed E-state index contributed by atoms with van der Waals surface area (Å²) in [5.41, 5.74) is -1.22. The average molecular weight is 800 g/mol. The van der Waals surface area contributed by atoms with Gasteiger partial charge in [0, 0.05) is 66.1 Å². The van der Waals surface area contributed by atoms with E-state index in [9.17, 15) is 19.5 Å². The zero-order valence-electron chi connectivity index (χ0n) is 34.7. The lowest BCUT2D eigenvalue weighted by Gasteiger charge is -2.46. The van der Waals surface area contributed by atoms with Crippen molar-refractivity contribution in [3.8, 4) is 11.4 Å². The van der Waals surface area contributed by atoms with Crippen LogP contribution in [0.15, 0.2) is 42.5 Å². The molecule has 0 aliphatic carbocycles. The van der Waals surface area contributed by atoms with Crippen LogP contribution in [0, 0.1) is 23.7 Å². The molecule has 2 aromatic rings. The van der Waals surface area contributed by atoms with Crippen molar-refractivity contribution in [2.24, 2.45) is 23.7 Å². The average Bonchev–Trinajstić information content (AvgIpc) is 3.74. The molecule has 13 atom stereocenters. The number of carbonyl (C=O) groups is 3. The van der Waals surface area contributed by atoms with Gasteiger partial charge >= 0.3 is 11.9 Å². The minimum absolute atomic E-state index is 0.0719. The molecule has 3 aliphatic rings. The first-order chi connectivity index (χ1) is 26.4. The predicted octanol–water partition coefficient (Wildman–Crippen LogP) is 4.74. The van der Waals surface area contributed by atoms with Crippen LogP contribution in [-0.4, -0.2) is 128 Å². The van der Waals surface area contributed by atoms with Crippen LogP contribution in [-0.2, 0) is 44.6 Å². The van der Waals surface area contributed by atoms with Crippen molar-refractivity contribution in [3.63, 3.8) is 0 Å². The van der Waals surface area contributed by atoms with E-state index in [0.717, 1.165) is 5.56 Å². The molecule has 0 spiro atoms.